The predicted molar refractivity (Wildman–Crippen MR) is 95.2 cm³/mol. The first-order valence-electron chi connectivity index (χ1n) is 7.53. The molecule has 0 amide bonds. The van der Waals surface area contributed by atoms with Crippen molar-refractivity contribution < 1.29 is 0 Å². The predicted octanol–water partition coefficient (Wildman–Crippen LogP) is 3.84. The summed E-state index contributed by atoms with van der Waals surface area (Å²) in [4.78, 5) is 4.79. The van der Waals surface area contributed by atoms with Crippen molar-refractivity contribution in [3.8, 4) is 0 Å². The highest BCUT2D eigenvalue weighted by molar-refractivity contribution is 7.98. The van der Waals surface area contributed by atoms with Crippen molar-refractivity contribution in [3.05, 3.63) is 66.0 Å². The van der Waals surface area contributed by atoms with Gasteiger partial charge in [0.2, 0.25) is 0 Å². The quantitative estimate of drug-likeness (QED) is 0.752. The smallest absolute Gasteiger partial charge is 0.127 e. The Morgan fingerprint density at radius 3 is 2.59 bits per heavy atom. The fourth-order valence-corrected chi connectivity index (χ4v) is 3.17. The van der Waals surface area contributed by atoms with Crippen LogP contribution >= 0.6 is 11.8 Å². The lowest BCUT2D eigenvalue weighted by atomic mass is 10.2. The third kappa shape index (κ3) is 3.18. The fraction of sp³-hybridized carbons (Fsp3) is 0.278. The van der Waals surface area contributed by atoms with Gasteiger partial charge in [-0.25, -0.2) is 4.98 Å². The summed E-state index contributed by atoms with van der Waals surface area (Å²) in [7, 11) is 0. The van der Waals surface area contributed by atoms with E-state index in [9.17, 15) is 0 Å². The van der Waals surface area contributed by atoms with Gasteiger partial charge in [-0.1, -0.05) is 42.5 Å². The summed E-state index contributed by atoms with van der Waals surface area (Å²) >= 11 is 1.82. The van der Waals surface area contributed by atoms with E-state index >= 15 is 0 Å². The molecule has 22 heavy (non-hydrogen) atoms. The first-order chi connectivity index (χ1) is 10.8. The standard InChI is InChI=1S/C18H21N3S/c1-22-12-11-15(19)18-20-16-9-5-6-10-17(16)21(18)13-14-7-3-2-4-8-14/h2-10,15H,11-13,19H2,1H3/t15-/m1/s1. The van der Waals surface area contributed by atoms with Crippen LogP contribution in [0.5, 0.6) is 0 Å². The molecule has 0 unspecified atom stereocenters. The van der Waals surface area contributed by atoms with Crippen molar-refractivity contribution in [3.63, 3.8) is 0 Å². The van der Waals surface area contributed by atoms with Crippen molar-refractivity contribution in [2.24, 2.45) is 5.73 Å². The lowest BCUT2D eigenvalue weighted by Gasteiger charge is -2.14. The van der Waals surface area contributed by atoms with Gasteiger partial charge in [-0.05, 0) is 36.1 Å². The van der Waals surface area contributed by atoms with E-state index in [1.165, 1.54) is 5.56 Å². The van der Waals surface area contributed by atoms with Gasteiger partial charge >= 0.3 is 0 Å². The molecule has 0 aliphatic carbocycles. The number of imidazole rings is 1. The Morgan fingerprint density at radius 1 is 1.09 bits per heavy atom. The number of thioether (sulfide) groups is 1. The molecule has 0 bridgehead atoms. The monoisotopic (exact) mass is 311 g/mol. The molecule has 3 aromatic rings. The normalized spacial score (nSPS) is 12.6. The van der Waals surface area contributed by atoms with E-state index in [0.29, 0.717) is 0 Å². The van der Waals surface area contributed by atoms with Crippen LogP contribution in [0.1, 0.15) is 23.9 Å². The topological polar surface area (TPSA) is 43.8 Å². The van der Waals surface area contributed by atoms with Crippen molar-refractivity contribution in [1.82, 2.24) is 9.55 Å². The second-order valence-corrected chi connectivity index (χ2v) is 6.40. The van der Waals surface area contributed by atoms with Crippen LogP contribution in [0.2, 0.25) is 0 Å². The minimum Gasteiger partial charge on any atom is -0.322 e. The maximum Gasteiger partial charge on any atom is 0.127 e. The molecule has 4 heteroatoms. The maximum absolute atomic E-state index is 6.40. The van der Waals surface area contributed by atoms with Gasteiger partial charge in [0.1, 0.15) is 5.82 Å². The molecular weight excluding hydrogens is 290 g/mol. The number of nitrogens with two attached hydrogens (primary N) is 1. The van der Waals surface area contributed by atoms with Gasteiger partial charge < -0.3 is 10.3 Å². The fourth-order valence-electron chi connectivity index (χ4n) is 2.68. The molecule has 2 aromatic carbocycles. The van der Waals surface area contributed by atoms with Crippen LogP contribution in [0.4, 0.5) is 0 Å². The minimum absolute atomic E-state index is 0.0245. The molecule has 1 aromatic heterocycles. The minimum atomic E-state index is -0.0245. The molecule has 3 rings (SSSR count). The average Bonchev–Trinajstić information content (AvgIpc) is 2.92. The molecule has 0 radical (unpaired) electrons. The van der Waals surface area contributed by atoms with Gasteiger partial charge in [0.25, 0.3) is 0 Å². The van der Waals surface area contributed by atoms with Crippen LogP contribution in [0.3, 0.4) is 0 Å². The summed E-state index contributed by atoms with van der Waals surface area (Å²) in [6.07, 6.45) is 3.05. The van der Waals surface area contributed by atoms with Crippen molar-refractivity contribution in [2.45, 2.75) is 19.0 Å². The molecule has 0 saturated heterocycles. The highest BCUT2D eigenvalue weighted by Crippen LogP contribution is 2.23. The third-order valence-electron chi connectivity index (χ3n) is 3.83. The Bertz CT molecular complexity index is 736. The lowest BCUT2D eigenvalue weighted by Crippen LogP contribution is -2.18. The van der Waals surface area contributed by atoms with E-state index in [2.05, 4.69) is 53.3 Å². The van der Waals surface area contributed by atoms with E-state index in [1.807, 2.05) is 23.9 Å². The second-order valence-electron chi connectivity index (χ2n) is 5.42. The summed E-state index contributed by atoms with van der Waals surface area (Å²) in [5.74, 6) is 2.04. The Hall–Kier alpha value is -1.78. The molecule has 1 heterocycles. The molecule has 1 atom stereocenters. The van der Waals surface area contributed by atoms with Gasteiger partial charge in [0.05, 0.1) is 17.1 Å². The Labute approximate surface area is 135 Å². The van der Waals surface area contributed by atoms with Gasteiger partial charge in [-0.15, -0.1) is 0 Å². The third-order valence-corrected chi connectivity index (χ3v) is 4.48. The zero-order valence-electron chi connectivity index (χ0n) is 12.8. The summed E-state index contributed by atoms with van der Waals surface area (Å²) in [6, 6.07) is 18.7. The summed E-state index contributed by atoms with van der Waals surface area (Å²) in [5, 5.41) is 0. The maximum atomic E-state index is 6.40. The molecule has 0 saturated carbocycles. The van der Waals surface area contributed by atoms with Crippen molar-refractivity contribution in [1.29, 1.82) is 0 Å². The van der Waals surface area contributed by atoms with Crippen LogP contribution in [-0.2, 0) is 6.54 Å². The van der Waals surface area contributed by atoms with Gasteiger partial charge in [0, 0.05) is 6.54 Å². The number of fused-ring (bicyclic) bond motifs is 1. The largest absolute Gasteiger partial charge is 0.322 e. The van der Waals surface area contributed by atoms with Gasteiger partial charge in [-0.2, -0.15) is 11.8 Å². The van der Waals surface area contributed by atoms with Gasteiger partial charge in [0.15, 0.2) is 0 Å². The first kappa shape index (κ1) is 15.1. The second kappa shape index (κ2) is 6.99. The Morgan fingerprint density at radius 2 is 1.82 bits per heavy atom. The number of hydrogen-bond donors (Lipinski definition) is 1. The van der Waals surface area contributed by atoms with E-state index in [4.69, 9.17) is 10.7 Å². The lowest BCUT2D eigenvalue weighted by molar-refractivity contribution is 0.609. The molecule has 2 N–H and O–H groups in total. The number of nitrogens with zero attached hydrogens (tertiary/aromatic N) is 2. The number of rotatable bonds is 6. The molecule has 0 aliphatic rings. The number of benzene rings is 2. The van der Waals surface area contributed by atoms with Crippen LogP contribution in [0.15, 0.2) is 54.6 Å². The zero-order valence-corrected chi connectivity index (χ0v) is 13.6. The van der Waals surface area contributed by atoms with E-state index in [1.54, 1.807) is 0 Å². The van der Waals surface area contributed by atoms with Crippen LogP contribution < -0.4 is 5.73 Å². The van der Waals surface area contributed by atoms with Crippen LogP contribution in [-0.4, -0.2) is 21.6 Å². The summed E-state index contributed by atoms with van der Waals surface area (Å²) in [6.45, 7) is 0.809. The van der Waals surface area contributed by atoms with E-state index < -0.39 is 0 Å². The molecule has 0 spiro atoms. The van der Waals surface area contributed by atoms with Gasteiger partial charge in [-0.3, -0.25) is 0 Å². The Balaban J connectivity index is 2.01. The summed E-state index contributed by atoms with van der Waals surface area (Å²) in [5.41, 5.74) is 9.85. The van der Waals surface area contributed by atoms with E-state index in [-0.39, 0.29) is 6.04 Å². The molecular formula is C18H21N3S. The average molecular weight is 311 g/mol. The molecule has 0 fully saturated rings. The molecule has 114 valence electrons. The highest BCUT2D eigenvalue weighted by Gasteiger charge is 2.16. The number of hydrogen-bond acceptors (Lipinski definition) is 3. The number of para-hydroxylation sites is 2. The number of aromatic nitrogens is 2. The molecule has 3 nitrogen and oxygen atoms in total. The Kier molecular flexibility index (Phi) is 4.80. The summed E-state index contributed by atoms with van der Waals surface area (Å²) < 4.78 is 2.26. The van der Waals surface area contributed by atoms with Crippen LogP contribution in [0, 0.1) is 0 Å². The SMILES string of the molecule is CSCC[C@@H](N)c1nc2ccccc2n1Cc1ccccc1. The van der Waals surface area contributed by atoms with E-state index in [0.717, 1.165) is 35.6 Å². The van der Waals surface area contributed by atoms with Crippen molar-refractivity contribution in [2.75, 3.05) is 12.0 Å². The first-order valence-corrected chi connectivity index (χ1v) is 8.92. The van der Waals surface area contributed by atoms with Crippen LogP contribution in [0.25, 0.3) is 11.0 Å². The zero-order chi connectivity index (χ0) is 15.4. The molecule has 0 aliphatic heterocycles. The highest BCUT2D eigenvalue weighted by atomic mass is 32.2. The van der Waals surface area contributed by atoms with Crippen molar-refractivity contribution >= 4 is 22.8 Å².